The molecule has 0 radical (unpaired) electrons. The molecule has 2 aromatic rings. The number of pyridine rings is 1. The quantitative estimate of drug-likeness (QED) is 0.646. The van der Waals surface area contributed by atoms with Gasteiger partial charge in [0.2, 0.25) is 0 Å². The molecule has 1 aromatic heterocycles. The Bertz CT molecular complexity index is 736. The first-order valence-electron chi connectivity index (χ1n) is 6.78. The Morgan fingerprint density at radius 1 is 1.26 bits per heavy atom. The van der Waals surface area contributed by atoms with Crippen LogP contribution in [0.15, 0.2) is 24.3 Å². The summed E-state index contributed by atoms with van der Waals surface area (Å²) in [6.45, 7) is 2.44. The van der Waals surface area contributed by atoms with Crippen LogP contribution in [0.2, 0.25) is 10.2 Å². The van der Waals surface area contributed by atoms with Gasteiger partial charge >= 0.3 is 5.97 Å². The van der Waals surface area contributed by atoms with Gasteiger partial charge in [0, 0.05) is 18.2 Å². The number of ether oxygens (including phenoxy) is 2. The third-order valence-corrected chi connectivity index (χ3v) is 3.79. The molecule has 23 heavy (non-hydrogen) atoms. The number of carbonyl (C=O) groups is 1. The summed E-state index contributed by atoms with van der Waals surface area (Å²) in [6.07, 6.45) is 0. The highest BCUT2D eigenvalue weighted by Crippen LogP contribution is 2.29. The van der Waals surface area contributed by atoms with Gasteiger partial charge in [-0.2, -0.15) is 0 Å². The molecule has 7 heteroatoms. The van der Waals surface area contributed by atoms with Gasteiger partial charge in [-0.05, 0) is 18.6 Å². The van der Waals surface area contributed by atoms with E-state index in [9.17, 15) is 4.79 Å². The van der Waals surface area contributed by atoms with Crippen LogP contribution >= 0.6 is 23.2 Å². The summed E-state index contributed by atoms with van der Waals surface area (Å²) in [6, 6.07) is 7.44. The van der Waals surface area contributed by atoms with E-state index in [2.05, 4.69) is 15.0 Å². The molecule has 0 fully saturated rings. The van der Waals surface area contributed by atoms with Crippen LogP contribution in [0.4, 0.5) is 5.69 Å². The number of halogens is 2. The summed E-state index contributed by atoms with van der Waals surface area (Å²) in [4.78, 5) is 15.6. The molecule has 0 aliphatic heterocycles. The minimum Gasteiger partial charge on any atom is -0.496 e. The van der Waals surface area contributed by atoms with Gasteiger partial charge in [-0.3, -0.25) is 0 Å². The Kier molecular flexibility index (Phi) is 5.69. The lowest BCUT2D eigenvalue weighted by Gasteiger charge is -2.13. The van der Waals surface area contributed by atoms with Gasteiger partial charge in [0.15, 0.2) is 5.69 Å². The van der Waals surface area contributed by atoms with Crippen molar-refractivity contribution in [3.63, 3.8) is 0 Å². The first-order chi connectivity index (χ1) is 11.0. The normalized spacial score (nSPS) is 10.3. The van der Waals surface area contributed by atoms with Crippen molar-refractivity contribution >= 4 is 34.9 Å². The van der Waals surface area contributed by atoms with Crippen molar-refractivity contribution in [1.29, 1.82) is 0 Å². The van der Waals surface area contributed by atoms with Crippen molar-refractivity contribution in [2.75, 3.05) is 19.5 Å². The molecule has 122 valence electrons. The molecule has 1 aromatic carbocycles. The van der Waals surface area contributed by atoms with Crippen LogP contribution in [0, 0.1) is 6.92 Å². The topological polar surface area (TPSA) is 60.5 Å². The number of carbonyl (C=O) groups excluding carboxylic acids is 1. The third kappa shape index (κ3) is 4.06. The molecule has 0 atom stereocenters. The second kappa shape index (κ2) is 7.53. The van der Waals surface area contributed by atoms with E-state index in [1.165, 1.54) is 7.11 Å². The highest BCUT2D eigenvalue weighted by molar-refractivity contribution is 6.37. The number of methoxy groups -OCH3 is 2. The van der Waals surface area contributed by atoms with Crippen LogP contribution in [0.3, 0.4) is 0 Å². The Morgan fingerprint density at radius 3 is 2.65 bits per heavy atom. The number of benzene rings is 1. The summed E-state index contributed by atoms with van der Waals surface area (Å²) in [5, 5.41) is 3.45. The fraction of sp³-hybridized carbons (Fsp3) is 0.250. The van der Waals surface area contributed by atoms with Crippen molar-refractivity contribution in [2.24, 2.45) is 0 Å². The van der Waals surface area contributed by atoms with Gasteiger partial charge < -0.3 is 14.8 Å². The molecule has 0 amide bonds. The van der Waals surface area contributed by atoms with Gasteiger partial charge in [-0.25, -0.2) is 9.78 Å². The summed E-state index contributed by atoms with van der Waals surface area (Å²) < 4.78 is 10.0. The van der Waals surface area contributed by atoms with Crippen LogP contribution in [0.25, 0.3) is 0 Å². The minimum absolute atomic E-state index is 0.0277. The Hall–Kier alpha value is -1.98. The lowest BCUT2D eigenvalue weighted by Crippen LogP contribution is -2.09. The highest BCUT2D eigenvalue weighted by Gasteiger charge is 2.18. The van der Waals surface area contributed by atoms with E-state index in [1.54, 1.807) is 13.2 Å². The third-order valence-electron chi connectivity index (χ3n) is 3.22. The summed E-state index contributed by atoms with van der Waals surface area (Å²) in [5.74, 6) is 0.121. The lowest BCUT2D eigenvalue weighted by atomic mass is 10.1. The molecule has 0 spiro atoms. The van der Waals surface area contributed by atoms with Crippen LogP contribution in [-0.2, 0) is 11.3 Å². The van der Waals surface area contributed by atoms with Crippen LogP contribution in [-0.4, -0.2) is 25.2 Å². The Labute approximate surface area is 144 Å². The molecule has 5 nitrogen and oxygen atoms in total. The SMILES string of the molecule is COC(=O)c1nc(Cl)cc(NCc2ccc(C)cc2OC)c1Cl. The molecule has 0 saturated carbocycles. The first kappa shape index (κ1) is 17.4. The predicted octanol–water partition coefficient (Wildman–Crippen LogP) is 4.10. The number of rotatable bonds is 5. The maximum absolute atomic E-state index is 11.7. The number of esters is 1. The Morgan fingerprint density at radius 2 is 2.00 bits per heavy atom. The number of hydrogen-bond donors (Lipinski definition) is 1. The lowest BCUT2D eigenvalue weighted by molar-refractivity contribution is 0.0594. The van der Waals surface area contributed by atoms with Crippen LogP contribution in [0.5, 0.6) is 5.75 Å². The average molecular weight is 355 g/mol. The van der Waals surface area contributed by atoms with E-state index in [0.717, 1.165) is 16.9 Å². The van der Waals surface area contributed by atoms with E-state index in [1.807, 2.05) is 25.1 Å². The molecule has 1 N–H and O–H groups in total. The zero-order valence-corrected chi connectivity index (χ0v) is 14.5. The van der Waals surface area contributed by atoms with E-state index >= 15 is 0 Å². The van der Waals surface area contributed by atoms with Crippen molar-refractivity contribution in [3.05, 3.63) is 51.3 Å². The zero-order chi connectivity index (χ0) is 17.0. The maximum atomic E-state index is 11.7. The number of nitrogens with one attached hydrogen (secondary N) is 1. The highest BCUT2D eigenvalue weighted by atomic mass is 35.5. The zero-order valence-electron chi connectivity index (χ0n) is 12.9. The monoisotopic (exact) mass is 354 g/mol. The Balaban J connectivity index is 2.27. The number of hydrogen-bond acceptors (Lipinski definition) is 5. The average Bonchev–Trinajstić information content (AvgIpc) is 2.55. The van der Waals surface area contributed by atoms with E-state index in [0.29, 0.717) is 12.2 Å². The van der Waals surface area contributed by atoms with E-state index in [4.69, 9.17) is 27.9 Å². The molecule has 0 bridgehead atoms. The fourth-order valence-electron chi connectivity index (χ4n) is 2.05. The van der Waals surface area contributed by atoms with Gasteiger partial charge in [-0.15, -0.1) is 0 Å². The summed E-state index contributed by atoms with van der Waals surface area (Å²) in [7, 11) is 2.87. The van der Waals surface area contributed by atoms with E-state index in [-0.39, 0.29) is 15.9 Å². The smallest absolute Gasteiger partial charge is 0.358 e. The van der Waals surface area contributed by atoms with Crippen LogP contribution < -0.4 is 10.1 Å². The molecule has 1 heterocycles. The molecule has 0 saturated heterocycles. The molecule has 0 unspecified atom stereocenters. The van der Waals surface area contributed by atoms with Gasteiger partial charge in [0.05, 0.1) is 24.9 Å². The fourth-order valence-corrected chi connectivity index (χ4v) is 2.48. The number of anilines is 1. The number of nitrogens with zero attached hydrogens (tertiary/aromatic N) is 1. The van der Waals surface area contributed by atoms with Crippen LogP contribution in [0.1, 0.15) is 21.6 Å². The first-order valence-corrected chi connectivity index (χ1v) is 7.53. The number of aryl methyl sites for hydroxylation is 1. The largest absolute Gasteiger partial charge is 0.496 e. The second-order valence-corrected chi connectivity index (χ2v) is 5.58. The van der Waals surface area contributed by atoms with Gasteiger partial charge in [-0.1, -0.05) is 35.3 Å². The van der Waals surface area contributed by atoms with Gasteiger partial charge in [0.1, 0.15) is 10.9 Å². The maximum Gasteiger partial charge on any atom is 0.358 e. The molecule has 0 aliphatic rings. The number of aromatic nitrogens is 1. The molecule has 0 aliphatic carbocycles. The minimum atomic E-state index is -0.645. The predicted molar refractivity (Wildman–Crippen MR) is 90.7 cm³/mol. The van der Waals surface area contributed by atoms with Crippen molar-refractivity contribution in [3.8, 4) is 5.75 Å². The molecule has 2 rings (SSSR count). The summed E-state index contributed by atoms with van der Waals surface area (Å²) >= 11 is 12.1. The molecular formula is C16H16Cl2N2O3. The summed E-state index contributed by atoms with van der Waals surface area (Å²) in [5.41, 5.74) is 2.51. The van der Waals surface area contributed by atoms with Crippen molar-refractivity contribution in [2.45, 2.75) is 13.5 Å². The standard InChI is InChI=1S/C16H16Cl2N2O3/c1-9-4-5-10(12(6-9)22-2)8-19-11-7-13(17)20-15(14(11)18)16(21)23-3/h4-7H,8H2,1-3H3,(H,19,20). The molecular weight excluding hydrogens is 339 g/mol. The van der Waals surface area contributed by atoms with Crippen molar-refractivity contribution in [1.82, 2.24) is 4.98 Å². The second-order valence-electron chi connectivity index (χ2n) is 4.82. The van der Waals surface area contributed by atoms with Gasteiger partial charge in [0.25, 0.3) is 0 Å². The van der Waals surface area contributed by atoms with E-state index < -0.39 is 5.97 Å². The van der Waals surface area contributed by atoms with Crippen molar-refractivity contribution < 1.29 is 14.3 Å².